The summed E-state index contributed by atoms with van der Waals surface area (Å²) in [4.78, 5) is 38.9. The maximum Gasteiger partial charge on any atom is 0.293 e. The van der Waals surface area contributed by atoms with Gasteiger partial charge in [-0.1, -0.05) is 43.2 Å². The van der Waals surface area contributed by atoms with Crippen molar-refractivity contribution in [1.82, 2.24) is 29.4 Å². The molecule has 3 aromatic carbocycles. The number of carbonyl (C=O) groups excluding carboxylic acids is 1. The molecule has 1 amide bonds. The van der Waals surface area contributed by atoms with E-state index in [0.717, 1.165) is 61.1 Å². The van der Waals surface area contributed by atoms with Crippen molar-refractivity contribution in [3.63, 3.8) is 0 Å². The molecule has 14 nitrogen and oxygen atoms in total. The van der Waals surface area contributed by atoms with Gasteiger partial charge in [0, 0.05) is 86.7 Å². The third-order valence-electron chi connectivity index (χ3n) is 13.2. The number of benzene rings is 3. The van der Waals surface area contributed by atoms with Gasteiger partial charge in [-0.05, 0) is 109 Å². The summed E-state index contributed by atoms with van der Waals surface area (Å²) < 4.78 is 58.9. The second-order valence-electron chi connectivity index (χ2n) is 18.3. The number of pyridine rings is 1. The van der Waals surface area contributed by atoms with Crippen LogP contribution in [0.4, 0.5) is 25.8 Å². The van der Waals surface area contributed by atoms with E-state index in [9.17, 15) is 32.1 Å². The highest BCUT2D eigenvalue weighted by atomic mass is 35.5. The molecule has 340 valence electrons. The van der Waals surface area contributed by atoms with Crippen LogP contribution in [0.25, 0.3) is 33.3 Å². The third-order valence-corrected chi connectivity index (χ3v) is 14.8. The number of allylic oxidation sites excluding steroid dienone is 1. The van der Waals surface area contributed by atoms with Crippen LogP contribution in [-0.2, 0) is 10.0 Å². The summed E-state index contributed by atoms with van der Waals surface area (Å²) in [6.07, 6.45) is 6.52. The van der Waals surface area contributed by atoms with Crippen molar-refractivity contribution in [1.29, 1.82) is 0 Å². The molecule has 3 aromatic heterocycles. The summed E-state index contributed by atoms with van der Waals surface area (Å²) in [5.41, 5.74) is 6.79. The zero-order valence-corrected chi connectivity index (χ0v) is 37.7. The quantitative estimate of drug-likeness (QED) is 0.0793. The van der Waals surface area contributed by atoms with E-state index in [1.807, 2.05) is 30.3 Å². The van der Waals surface area contributed by atoms with E-state index in [2.05, 4.69) is 60.9 Å². The number of aromatic nitrogens is 4. The van der Waals surface area contributed by atoms with E-state index in [1.165, 1.54) is 28.8 Å². The van der Waals surface area contributed by atoms with Crippen LogP contribution in [0.2, 0.25) is 5.02 Å². The van der Waals surface area contributed by atoms with Gasteiger partial charge in [0.15, 0.2) is 5.65 Å². The predicted octanol–water partition coefficient (Wildman–Crippen LogP) is 9.61. The van der Waals surface area contributed by atoms with Crippen molar-refractivity contribution in [3.8, 4) is 5.69 Å². The number of H-pyrrole nitrogens is 1. The Bertz CT molecular complexity index is 2930. The number of halogens is 3. The number of fused-ring (bicyclic) bond motifs is 2. The van der Waals surface area contributed by atoms with Gasteiger partial charge in [0.1, 0.15) is 11.2 Å². The Kier molecular flexibility index (Phi) is 11.9. The normalized spacial score (nSPS) is 18.3. The summed E-state index contributed by atoms with van der Waals surface area (Å²) in [6, 6.07) is 20.4. The van der Waals surface area contributed by atoms with Gasteiger partial charge in [-0.15, -0.1) is 0 Å². The molecule has 2 fully saturated rings. The highest BCUT2D eigenvalue weighted by Gasteiger charge is 2.35. The fraction of sp³-hybridized carbons (Fsp3) is 0.383. The number of amides is 1. The average Bonchev–Trinajstić information content (AvgIpc) is 3.92. The Morgan fingerprint density at radius 1 is 0.985 bits per heavy atom. The first-order valence-electron chi connectivity index (χ1n) is 21.9. The molecule has 3 N–H and O–H groups in total. The maximum atomic E-state index is 14.2. The molecule has 0 radical (unpaired) electrons. The van der Waals surface area contributed by atoms with E-state index in [4.69, 9.17) is 11.6 Å². The molecule has 1 saturated heterocycles. The van der Waals surface area contributed by atoms with E-state index in [1.54, 1.807) is 29.2 Å². The molecule has 0 bridgehead atoms. The molecule has 2 aliphatic carbocycles. The number of alkyl halides is 2. The summed E-state index contributed by atoms with van der Waals surface area (Å²) in [6.45, 7) is 8.78. The fourth-order valence-electron chi connectivity index (χ4n) is 9.38. The lowest BCUT2D eigenvalue weighted by Crippen LogP contribution is -2.47. The Labute approximate surface area is 380 Å². The first kappa shape index (κ1) is 44.3. The lowest BCUT2D eigenvalue weighted by atomic mass is 9.72. The SMILES string of the molecule is CC1(C)CCC(CN2CCN(c3ccc(C(=O)NS(=O)(=O)c4ccc(NCC5CCC(F)(F)CC5)c([N+](=O)[O-])c4)c(-n4[nH]cc5nc6nccc6cc54)c3)CC2)=C(c2ccc(Cl)cc2)C1. The van der Waals surface area contributed by atoms with Crippen LogP contribution >= 0.6 is 11.6 Å². The summed E-state index contributed by atoms with van der Waals surface area (Å²) in [7, 11) is -4.64. The Balaban J connectivity index is 0.965. The van der Waals surface area contributed by atoms with Crippen LogP contribution in [0, 0.1) is 21.4 Å². The van der Waals surface area contributed by atoms with E-state index < -0.39 is 37.4 Å². The number of piperazine rings is 1. The first-order valence-corrected chi connectivity index (χ1v) is 23.7. The molecule has 0 atom stereocenters. The van der Waals surface area contributed by atoms with Crippen LogP contribution < -0.4 is 14.9 Å². The number of carbonyl (C=O) groups is 1. The standard InChI is InChI=1S/C47H50ClF2N9O5S/c1-46(2)15-13-33(38(26-46)31-3-5-34(48)6-4-31)29-56-19-21-57(22-20-56)35-7-9-37(41(24-35)58-42-23-32-14-18-51-44(32)54-40(42)28-53-58)45(60)55-65(63,64)36-8-10-39(43(25-36)59(61)62)52-27-30-11-16-47(49,50)17-12-30/h3-10,14,18,23-25,28,30,52-53H,11-13,15-17,19-22,26-27,29H2,1-2H3,(H,55,60). The van der Waals surface area contributed by atoms with Gasteiger partial charge in [-0.3, -0.25) is 29.6 Å². The number of sulfonamides is 1. The van der Waals surface area contributed by atoms with Crippen molar-refractivity contribution < 1.29 is 26.9 Å². The minimum atomic E-state index is -4.64. The highest BCUT2D eigenvalue weighted by Crippen LogP contribution is 2.44. The lowest BCUT2D eigenvalue weighted by molar-refractivity contribution is -0.384. The smallest absolute Gasteiger partial charge is 0.293 e. The zero-order chi connectivity index (χ0) is 45.7. The number of rotatable bonds is 12. The van der Waals surface area contributed by atoms with Gasteiger partial charge < -0.3 is 10.2 Å². The Morgan fingerprint density at radius 2 is 1.74 bits per heavy atom. The lowest BCUT2D eigenvalue weighted by Gasteiger charge is -2.39. The van der Waals surface area contributed by atoms with Gasteiger partial charge in [-0.25, -0.2) is 31.9 Å². The molecular weight excluding hydrogens is 876 g/mol. The monoisotopic (exact) mass is 925 g/mol. The van der Waals surface area contributed by atoms with Crippen molar-refractivity contribution in [2.45, 2.75) is 69.6 Å². The molecule has 3 aliphatic rings. The molecule has 1 aliphatic heterocycles. The summed E-state index contributed by atoms with van der Waals surface area (Å²) >= 11 is 6.25. The van der Waals surface area contributed by atoms with Crippen molar-refractivity contribution >= 4 is 72.2 Å². The van der Waals surface area contributed by atoms with Crippen LogP contribution in [-0.4, -0.2) is 89.1 Å². The minimum absolute atomic E-state index is 0.0261. The number of nitrogens with zero attached hydrogens (tertiary/aromatic N) is 6. The van der Waals surface area contributed by atoms with E-state index in [0.29, 0.717) is 35.5 Å². The number of hydrogen-bond donors (Lipinski definition) is 3. The number of nitrogens with one attached hydrogen (secondary N) is 3. The maximum absolute atomic E-state index is 14.2. The van der Waals surface area contributed by atoms with Crippen molar-refractivity contribution in [2.75, 3.05) is 49.5 Å². The van der Waals surface area contributed by atoms with Crippen molar-refractivity contribution in [3.05, 3.63) is 117 Å². The molecular formula is C47H50ClF2N9O5S. The number of hydrogen-bond acceptors (Lipinski definition) is 10. The third kappa shape index (κ3) is 9.58. The number of nitro groups is 1. The number of anilines is 2. The van der Waals surface area contributed by atoms with Crippen molar-refractivity contribution in [2.24, 2.45) is 11.3 Å². The minimum Gasteiger partial charge on any atom is -0.379 e. The molecule has 1 saturated carbocycles. The first-order chi connectivity index (χ1) is 31.0. The van der Waals surface area contributed by atoms with Crippen LogP contribution in [0.1, 0.15) is 74.7 Å². The van der Waals surface area contributed by atoms with E-state index in [-0.39, 0.29) is 54.8 Å². The van der Waals surface area contributed by atoms with Gasteiger partial charge >= 0.3 is 0 Å². The molecule has 4 heterocycles. The second-order valence-corrected chi connectivity index (χ2v) is 20.4. The predicted molar refractivity (Wildman–Crippen MR) is 249 cm³/mol. The molecule has 6 aromatic rings. The topological polar surface area (TPSA) is 171 Å². The molecule has 9 rings (SSSR count). The molecule has 65 heavy (non-hydrogen) atoms. The summed E-state index contributed by atoms with van der Waals surface area (Å²) in [5.74, 6) is -3.78. The van der Waals surface area contributed by atoms with Crippen LogP contribution in [0.15, 0.2) is 95.7 Å². The molecule has 0 unspecified atom stereocenters. The van der Waals surface area contributed by atoms with Gasteiger partial charge in [0.25, 0.3) is 21.6 Å². The van der Waals surface area contributed by atoms with Gasteiger partial charge in [-0.2, -0.15) is 0 Å². The van der Waals surface area contributed by atoms with E-state index >= 15 is 0 Å². The number of aromatic amines is 1. The zero-order valence-electron chi connectivity index (χ0n) is 36.1. The average molecular weight is 926 g/mol. The Hall–Kier alpha value is -5.91. The number of nitro benzene ring substituents is 1. The Morgan fingerprint density at radius 3 is 2.48 bits per heavy atom. The molecule has 0 spiro atoms. The molecule has 18 heteroatoms. The van der Waals surface area contributed by atoms with Gasteiger partial charge in [0.2, 0.25) is 5.92 Å². The fourth-order valence-corrected chi connectivity index (χ4v) is 10.5. The second kappa shape index (κ2) is 17.5. The van der Waals surface area contributed by atoms with Crippen LogP contribution in [0.3, 0.4) is 0 Å². The largest absolute Gasteiger partial charge is 0.379 e. The van der Waals surface area contributed by atoms with Gasteiger partial charge in [0.05, 0.1) is 26.6 Å². The highest BCUT2D eigenvalue weighted by molar-refractivity contribution is 7.90. The van der Waals surface area contributed by atoms with Crippen LogP contribution in [0.5, 0.6) is 0 Å². The summed E-state index contributed by atoms with van der Waals surface area (Å²) in [5, 5.41) is 19.8.